The van der Waals surface area contributed by atoms with Crippen molar-refractivity contribution >= 4 is 23.3 Å². The molecule has 0 heterocycles. The standard InChI is InChI=1S/C19H22ClNO4/c1-4-24-18-9-13(5-8-17(18)25-12(2)3)11-21-16-10-14(19(22)23)6-7-15(16)20/h5-10,12,21H,4,11H2,1-3H3,(H,22,23). The van der Waals surface area contributed by atoms with Crippen molar-refractivity contribution in [1.29, 1.82) is 0 Å². The quantitative estimate of drug-likeness (QED) is 0.702. The van der Waals surface area contributed by atoms with E-state index in [2.05, 4.69) is 5.32 Å². The van der Waals surface area contributed by atoms with Crippen LogP contribution in [-0.2, 0) is 6.54 Å². The van der Waals surface area contributed by atoms with Crippen LogP contribution in [0.4, 0.5) is 5.69 Å². The highest BCUT2D eigenvalue weighted by atomic mass is 35.5. The molecule has 2 rings (SSSR count). The van der Waals surface area contributed by atoms with Crippen LogP contribution in [0.15, 0.2) is 36.4 Å². The highest BCUT2D eigenvalue weighted by Gasteiger charge is 2.10. The van der Waals surface area contributed by atoms with Gasteiger partial charge in [0.2, 0.25) is 0 Å². The van der Waals surface area contributed by atoms with Gasteiger partial charge < -0.3 is 19.9 Å². The van der Waals surface area contributed by atoms with E-state index in [0.29, 0.717) is 35.4 Å². The third kappa shape index (κ3) is 5.29. The molecule has 2 aromatic carbocycles. The maximum Gasteiger partial charge on any atom is 0.335 e. The topological polar surface area (TPSA) is 67.8 Å². The zero-order valence-corrected chi connectivity index (χ0v) is 15.3. The van der Waals surface area contributed by atoms with E-state index in [4.69, 9.17) is 26.2 Å². The first-order valence-electron chi connectivity index (χ1n) is 8.09. The monoisotopic (exact) mass is 363 g/mol. The van der Waals surface area contributed by atoms with Gasteiger partial charge in [-0.15, -0.1) is 0 Å². The fourth-order valence-electron chi connectivity index (χ4n) is 2.27. The van der Waals surface area contributed by atoms with Crippen LogP contribution in [0.25, 0.3) is 0 Å². The summed E-state index contributed by atoms with van der Waals surface area (Å²) in [5.74, 6) is 0.390. The molecule has 0 aliphatic heterocycles. The van der Waals surface area contributed by atoms with E-state index in [1.165, 1.54) is 12.1 Å². The summed E-state index contributed by atoms with van der Waals surface area (Å²) in [5.41, 5.74) is 1.72. The molecule has 0 spiro atoms. The number of rotatable bonds is 8. The van der Waals surface area contributed by atoms with Crippen molar-refractivity contribution in [2.75, 3.05) is 11.9 Å². The number of hydrogen-bond acceptors (Lipinski definition) is 4. The fraction of sp³-hybridized carbons (Fsp3) is 0.316. The second-order valence-corrected chi connectivity index (χ2v) is 6.14. The summed E-state index contributed by atoms with van der Waals surface area (Å²) >= 11 is 6.13. The second-order valence-electron chi connectivity index (χ2n) is 5.73. The zero-order valence-electron chi connectivity index (χ0n) is 14.5. The Morgan fingerprint density at radius 3 is 2.60 bits per heavy atom. The average molecular weight is 364 g/mol. The van der Waals surface area contributed by atoms with Crippen LogP contribution in [0.2, 0.25) is 5.02 Å². The van der Waals surface area contributed by atoms with Gasteiger partial charge in [0, 0.05) is 6.54 Å². The lowest BCUT2D eigenvalue weighted by Crippen LogP contribution is -2.08. The van der Waals surface area contributed by atoms with E-state index in [1.54, 1.807) is 6.07 Å². The molecular weight excluding hydrogens is 342 g/mol. The van der Waals surface area contributed by atoms with Crippen LogP contribution in [0.5, 0.6) is 11.5 Å². The smallest absolute Gasteiger partial charge is 0.335 e. The maximum absolute atomic E-state index is 11.1. The minimum atomic E-state index is -0.992. The van der Waals surface area contributed by atoms with E-state index < -0.39 is 5.97 Å². The molecule has 6 heteroatoms. The van der Waals surface area contributed by atoms with Crippen molar-refractivity contribution < 1.29 is 19.4 Å². The Morgan fingerprint density at radius 2 is 1.96 bits per heavy atom. The predicted molar refractivity (Wildman–Crippen MR) is 99.1 cm³/mol. The van der Waals surface area contributed by atoms with Crippen LogP contribution in [0.1, 0.15) is 36.7 Å². The van der Waals surface area contributed by atoms with Crippen molar-refractivity contribution in [2.45, 2.75) is 33.4 Å². The largest absolute Gasteiger partial charge is 0.490 e. The number of aromatic carboxylic acids is 1. The molecule has 0 fully saturated rings. The van der Waals surface area contributed by atoms with Crippen LogP contribution in [0, 0.1) is 0 Å². The molecule has 0 bridgehead atoms. The Labute approximate surface area is 152 Å². The van der Waals surface area contributed by atoms with Crippen molar-refractivity contribution in [3.8, 4) is 11.5 Å². The van der Waals surface area contributed by atoms with Gasteiger partial charge in [-0.25, -0.2) is 4.79 Å². The van der Waals surface area contributed by atoms with Crippen LogP contribution < -0.4 is 14.8 Å². The SMILES string of the molecule is CCOc1cc(CNc2cc(C(=O)O)ccc2Cl)ccc1OC(C)C. The first-order valence-corrected chi connectivity index (χ1v) is 8.47. The lowest BCUT2D eigenvalue weighted by molar-refractivity contribution is 0.0697. The molecular formula is C19H22ClNO4. The molecule has 0 aliphatic carbocycles. The Bertz CT molecular complexity index is 746. The minimum absolute atomic E-state index is 0.0562. The molecule has 0 atom stereocenters. The average Bonchev–Trinajstić information content (AvgIpc) is 2.55. The van der Waals surface area contributed by atoms with E-state index in [9.17, 15) is 4.79 Å². The van der Waals surface area contributed by atoms with Gasteiger partial charge >= 0.3 is 5.97 Å². The summed E-state index contributed by atoms with van der Waals surface area (Å²) in [6.07, 6.45) is 0.0562. The number of ether oxygens (including phenoxy) is 2. The predicted octanol–water partition coefficient (Wildman–Crippen LogP) is 4.84. The summed E-state index contributed by atoms with van der Waals surface area (Å²) in [7, 11) is 0. The summed E-state index contributed by atoms with van der Waals surface area (Å²) in [5, 5.41) is 12.7. The van der Waals surface area contributed by atoms with E-state index >= 15 is 0 Å². The van der Waals surface area contributed by atoms with Crippen molar-refractivity contribution in [3.05, 3.63) is 52.5 Å². The second kappa shape index (κ2) is 8.62. The fourth-order valence-corrected chi connectivity index (χ4v) is 2.46. The van der Waals surface area contributed by atoms with Crippen LogP contribution in [-0.4, -0.2) is 23.8 Å². The van der Waals surface area contributed by atoms with Crippen LogP contribution in [0.3, 0.4) is 0 Å². The third-order valence-electron chi connectivity index (χ3n) is 3.37. The minimum Gasteiger partial charge on any atom is -0.490 e. The first-order chi connectivity index (χ1) is 11.9. The number of anilines is 1. The Morgan fingerprint density at radius 1 is 1.20 bits per heavy atom. The molecule has 0 saturated heterocycles. The van der Waals surface area contributed by atoms with Gasteiger partial charge in [0.1, 0.15) is 0 Å². The lowest BCUT2D eigenvalue weighted by Gasteiger charge is -2.16. The highest BCUT2D eigenvalue weighted by Crippen LogP contribution is 2.30. The number of carbonyl (C=O) groups is 1. The molecule has 0 aromatic heterocycles. The number of hydrogen-bond donors (Lipinski definition) is 2. The Kier molecular flexibility index (Phi) is 6.53. The molecule has 0 unspecified atom stereocenters. The number of nitrogens with one attached hydrogen (secondary N) is 1. The van der Waals surface area contributed by atoms with Gasteiger partial charge in [-0.05, 0) is 56.7 Å². The molecule has 2 aromatic rings. The maximum atomic E-state index is 11.1. The molecule has 25 heavy (non-hydrogen) atoms. The molecule has 134 valence electrons. The molecule has 2 N–H and O–H groups in total. The van der Waals surface area contributed by atoms with Crippen molar-refractivity contribution in [3.63, 3.8) is 0 Å². The van der Waals surface area contributed by atoms with E-state index in [-0.39, 0.29) is 11.7 Å². The zero-order chi connectivity index (χ0) is 18.4. The van der Waals surface area contributed by atoms with Gasteiger partial charge in [-0.2, -0.15) is 0 Å². The number of benzene rings is 2. The van der Waals surface area contributed by atoms with Crippen molar-refractivity contribution in [1.82, 2.24) is 0 Å². The van der Waals surface area contributed by atoms with E-state index in [1.807, 2.05) is 39.0 Å². The highest BCUT2D eigenvalue weighted by molar-refractivity contribution is 6.33. The number of carboxylic acids is 1. The summed E-state index contributed by atoms with van der Waals surface area (Å²) < 4.78 is 11.4. The summed E-state index contributed by atoms with van der Waals surface area (Å²) in [4.78, 5) is 11.1. The van der Waals surface area contributed by atoms with Gasteiger partial charge in [0.05, 0.1) is 29.0 Å². The van der Waals surface area contributed by atoms with Crippen LogP contribution >= 0.6 is 11.6 Å². The Balaban J connectivity index is 2.16. The summed E-state index contributed by atoms with van der Waals surface area (Å²) in [6.45, 7) is 6.86. The number of halogens is 1. The van der Waals surface area contributed by atoms with Gasteiger partial charge in [0.25, 0.3) is 0 Å². The Hall–Kier alpha value is -2.40. The van der Waals surface area contributed by atoms with Gasteiger partial charge in [-0.1, -0.05) is 17.7 Å². The molecule has 0 amide bonds. The lowest BCUT2D eigenvalue weighted by atomic mass is 10.1. The molecule has 5 nitrogen and oxygen atoms in total. The van der Waals surface area contributed by atoms with Gasteiger partial charge in [0.15, 0.2) is 11.5 Å². The molecule has 0 radical (unpaired) electrons. The number of carboxylic acid groups (broad SMARTS) is 1. The third-order valence-corrected chi connectivity index (χ3v) is 3.70. The van der Waals surface area contributed by atoms with Crippen molar-refractivity contribution in [2.24, 2.45) is 0 Å². The molecule has 0 aliphatic rings. The van der Waals surface area contributed by atoms with Gasteiger partial charge in [-0.3, -0.25) is 0 Å². The normalized spacial score (nSPS) is 10.6. The first kappa shape index (κ1) is 18.9. The molecule has 0 saturated carbocycles. The summed E-state index contributed by atoms with van der Waals surface area (Å²) in [6, 6.07) is 10.3. The van der Waals surface area contributed by atoms with E-state index in [0.717, 1.165) is 5.56 Å².